The summed E-state index contributed by atoms with van der Waals surface area (Å²) >= 11 is 0. The molecule has 0 radical (unpaired) electrons. The van der Waals surface area contributed by atoms with Crippen LogP contribution in [-0.4, -0.2) is 26.5 Å². The summed E-state index contributed by atoms with van der Waals surface area (Å²) in [5.74, 6) is 0.922. The van der Waals surface area contributed by atoms with Crippen molar-refractivity contribution in [1.82, 2.24) is 0 Å². The van der Waals surface area contributed by atoms with Crippen molar-refractivity contribution >= 4 is 9.84 Å². The quantitative estimate of drug-likeness (QED) is 0.786. The molecule has 1 aliphatic carbocycles. The number of hydrogen-bond donors (Lipinski definition) is 1. The van der Waals surface area contributed by atoms with E-state index in [2.05, 4.69) is 0 Å². The van der Waals surface area contributed by atoms with Gasteiger partial charge in [0.25, 0.3) is 0 Å². The summed E-state index contributed by atoms with van der Waals surface area (Å²) in [5.41, 5.74) is 6.08. The monoisotopic (exact) mass is 233 g/mol. The van der Waals surface area contributed by atoms with Crippen molar-refractivity contribution in [3.05, 3.63) is 0 Å². The van der Waals surface area contributed by atoms with Gasteiger partial charge in [0.05, 0.1) is 0 Å². The van der Waals surface area contributed by atoms with E-state index in [1.165, 1.54) is 38.4 Å². The Morgan fingerprint density at radius 2 is 1.87 bits per heavy atom. The highest BCUT2D eigenvalue weighted by Crippen LogP contribution is 2.27. The lowest BCUT2D eigenvalue weighted by Gasteiger charge is -2.27. The van der Waals surface area contributed by atoms with Crippen molar-refractivity contribution in [2.24, 2.45) is 11.7 Å². The van der Waals surface area contributed by atoms with Gasteiger partial charge in [-0.3, -0.25) is 0 Å². The molecule has 4 heteroatoms. The normalized spacial score (nSPS) is 21.5. The van der Waals surface area contributed by atoms with Crippen LogP contribution in [0.1, 0.15) is 44.9 Å². The molecule has 1 saturated carbocycles. The summed E-state index contributed by atoms with van der Waals surface area (Å²) in [4.78, 5) is 0. The summed E-state index contributed by atoms with van der Waals surface area (Å²) in [5, 5.41) is 0. The van der Waals surface area contributed by atoms with Gasteiger partial charge in [0.15, 0.2) is 0 Å². The first-order chi connectivity index (χ1) is 6.99. The minimum absolute atomic E-state index is 0.215. The number of rotatable bonds is 5. The highest BCUT2D eigenvalue weighted by molar-refractivity contribution is 7.90. The van der Waals surface area contributed by atoms with Crippen LogP contribution in [0.15, 0.2) is 0 Å². The summed E-state index contributed by atoms with van der Waals surface area (Å²) in [6.45, 7) is 0. The van der Waals surface area contributed by atoms with Gasteiger partial charge in [-0.1, -0.05) is 19.3 Å². The van der Waals surface area contributed by atoms with Crippen molar-refractivity contribution < 1.29 is 8.42 Å². The zero-order valence-corrected chi connectivity index (χ0v) is 10.4. The number of sulfone groups is 1. The van der Waals surface area contributed by atoms with Crippen LogP contribution in [0.5, 0.6) is 0 Å². The molecule has 1 fully saturated rings. The topological polar surface area (TPSA) is 60.2 Å². The fourth-order valence-electron chi connectivity index (χ4n) is 2.38. The van der Waals surface area contributed by atoms with Gasteiger partial charge >= 0.3 is 0 Å². The standard InChI is InChI=1S/C11H23NO2S/c1-15(13,14)9-5-8-11(12)10-6-3-2-4-7-10/h10-11H,2-9,12H2,1H3. The van der Waals surface area contributed by atoms with E-state index in [0.29, 0.717) is 5.92 Å². The lowest BCUT2D eigenvalue weighted by Crippen LogP contribution is -2.31. The predicted octanol–water partition coefficient (Wildman–Crippen LogP) is 1.72. The van der Waals surface area contributed by atoms with Crippen LogP contribution in [-0.2, 0) is 9.84 Å². The van der Waals surface area contributed by atoms with Gasteiger partial charge in [0.1, 0.15) is 9.84 Å². The van der Waals surface area contributed by atoms with Crippen LogP contribution in [0.3, 0.4) is 0 Å². The second-order valence-corrected chi connectivity index (χ2v) is 7.09. The summed E-state index contributed by atoms with van der Waals surface area (Å²) in [6.07, 6.45) is 9.27. The van der Waals surface area contributed by atoms with Crippen molar-refractivity contribution in [1.29, 1.82) is 0 Å². The molecule has 0 spiro atoms. The second kappa shape index (κ2) is 5.85. The Morgan fingerprint density at radius 3 is 2.40 bits per heavy atom. The van der Waals surface area contributed by atoms with E-state index >= 15 is 0 Å². The second-order valence-electron chi connectivity index (χ2n) is 4.83. The Kier molecular flexibility index (Phi) is 5.06. The average Bonchev–Trinajstić information content (AvgIpc) is 2.17. The van der Waals surface area contributed by atoms with E-state index in [4.69, 9.17) is 5.73 Å². The van der Waals surface area contributed by atoms with E-state index in [0.717, 1.165) is 12.8 Å². The van der Waals surface area contributed by atoms with Crippen molar-refractivity contribution in [2.45, 2.75) is 51.0 Å². The number of nitrogens with two attached hydrogens (primary N) is 1. The van der Waals surface area contributed by atoms with Gasteiger partial charge in [-0.05, 0) is 31.6 Å². The van der Waals surface area contributed by atoms with Crippen LogP contribution in [0.2, 0.25) is 0 Å². The molecule has 0 amide bonds. The molecule has 1 atom stereocenters. The number of hydrogen-bond acceptors (Lipinski definition) is 3. The van der Waals surface area contributed by atoms with E-state index in [1.54, 1.807) is 0 Å². The van der Waals surface area contributed by atoms with Gasteiger partial charge in [-0.15, -0.1) is 0 Å². The van der Waals surface area contributed by atoms with Gasteiger partial charge in [-0.2, -0.15) is 0 Å². The average molecular weight is 233 g/mol. The molecule has 0 aromatic heterocycles. The first-order valence-electron chi connectivity index (χ1n) is 5.92. The molecule has 15 heavy (non-hydrogen) atoms. The molecule has 2 N–H and O–H groups in total. The minimum Gasteiger partial charge on any atom is -0.327 e. The van der Waals surface area contributed by atoms with Crippen LogP contribution >= 0.6 is 0 Å². The molecule has 3 nitrogen and oxygen atoms in total. The fourth-order valence-corrected chi connectivity index (χ4v) is 3.07. The molecule has 0 saturated heterocycles. The summed E-state index contributed by atoms with van der Waals surface area (Å²) in [6, 6.07) is 0.215. The van der Waals surface area contributed by atoms with Crippen LogP contribution in [0.25, 0.3) is 0 Å². The fraction of sp³-hybridized carbons (Fsp3) is 1.00. The highest BCUT2D eigenvalue weighted by Gasteiger charge is 2.20. The Balaban J connectivity index is 2.20. The molecule has 0 aromatic rings. The van der Waals surface area contributed by atoms with Gasteiger partial charge in [-0.25, -0.2) is 8.42 Å². The van der Waals surface area contributed by atoms with Crippen LogP contribution in [0.4, 0.5) is 0 Å². The molecule has 0 heterocycles. The van der Waals surface area contributed by atoms with Crippen LogP contribution in [0, 0.1) is 5.92 Å². The van der Waals surface area contributed by atoms with E-state index in [-0.39, 0.29) is 11.8 Å². The van der Waals surface area contributed by atoms with E-state index < -0.39 is 9.84 Å². The summed E-state index contributed by atoms with van der Waals surface area (Å²) in [7, 11) is -2.81. The van der Waals surface area contributed by atoms with E-state index in [9.17, 15) is 8.42 Å². The molecule has 1 aliphatic rings. The maximum atomic E-state index is 10.9. The highest BCUT2D eigenvalue weighted by atomic mass is 32.2. The Hall–Kier alpha value is -0.0900. The lowest BCUT2D eigenvalue weighted by atomic mass is 9.83. The first kappa shape index (κ1) is 13.0. The van der Waals surface area contributed by atoms with Crippen molar-refractivity contribution in [3.8, 4) is 0 Å². The van der Waals surface area contributed by atoms with E-state index in [1.807, 2.05) is 0 Å². The Morgan fingerprint density at radius 1 is 1.27 bits per heavy atom. The molecule has 1 unspecified atom stereocenters. The minimum atomic E-state index is -2.81. The Labute approximate surface area is 93.3 Å². The predicted molar refractivity (Wildman–Crippen MR) is 63.5 cm³/mol. The zero-order chi connectivity index (χ0) is 11.3. The molecule has 0 aromatic carbocycles. The third-order valence-electron chi connectivity index (χ3n) is 3.31. The molecular formula is C11H23NO2S. The third kappa shape index (κ3) is 5.52. The maximum absolute atomic E-state index is 10.9. The van der Waals surface area contributed by atoms with Crippen molar-refractivity contribution in [3.63, 3.8) is 0 Å². The van der Waals surface area contributed by atoms with Gasteiger partial charge in [0.2, 0.25) is 0 Å². The maximum Gasteiger partial charge on any atom is 0.147 e. The summed E-state index contributed by atoms with van der Waals surface area (Å²) < 4.78 is 21.9. The SMILES string of the molecule is CS(=O)(=O)CCCC(N)C1CCCCC1. The molecule has 90 valence electrons. The Bertz CT molecular complexity index is 268. The van der Waals surface area contributed by atoms with Crippen molar-refractivity contribution in [2.75, 3.05) is 12.0 Å². The smallest absolute Gasteiger partial charge is 0.147 e. The lowest BCUT2D eigenvalue weighted by molar-refractivity contribution is 0.294. The molecule has 1 rings (SSSR count). The van der Waals surface area contributed by atoms with Gasteiger partial charge in [0, 0.05) is 18.1 Å². The molecule has 0 aliphatic heterocycles. The van der Waals surface area contributed by atoms with Crippen LogP contribution < -0.4 is 5.73 Å². The zero-order valence-electron chi connectivity index (χ0n) is 9.61. The van der Waals surface area contributed by atoms with Gasteiger partial charge < -0.3 is 5.73 Å². The molecular weight excluding hydrogens is 210 g/mol. The molecule has 0 bridgehead atoms. The first-order valence-corrected chi connectivity index (χ1v) is 7.98. The third-order valence-corrected chi connectivity index (χ3v) is 4.34. The largest absolute Gasteiger partial charge is 0.327 e.